The number of hydrogen-bond acceptors (Lipinski definition) is 3. The number of nitrogens with zero attached hydrogens (tertiary/aromatic N) is 2. The first-order chi connectivity index (χ1) is 14.7. The van der Waals surface area contributed by atoms with E-state index in [9.17, 15) is 0 Å². The van der Waals surface area contributed by atoms with E-state index < -0.39 is 0 Å². The second-order valence-electron chi connectivity index (χ2n) is 8.39. The van der Waals surface area contributed by atoms with E-state index in [1.807, 2.05) is 36.7 Å². The van der Waals surface area contributed by atoms with Crippen molar-refractivity contribution in [2.24, 2.45) is 5.92 Å². The van der Waals surface area contributed by atoms with Gasteiger partial charge in [0.15, 0.2) is 5.82 Å². The summed E-state index contributed by atoms with van der Waals surface area (Å²) in [5.41, 5.74) is 2.25. The summed E-state index contributed by atoms with van der Waals surface area (Å²) >= 11 is 0. The van der Waals surface area contributed by atoms with Crippen LogP contribution in [0.25, 0.3) is 11.4 Å². The zero-order valence-electron chi connectivity index (χ0n) is 19.3. The minimum Gasteiger partial charge on any atom is -0.465 e. The fraction of sp³-hybridized carbons (Fsp3) is 0.556. The summed E-state index contributed by atoms with van der Waals surface area (Å²) in [5, 5.41) is 0. The van der Waals surface area contributed by atoms with Crippen LogP contribution in [-0.4, -0.2) is 9.97 Å². The van der Waals surface area contributed by atoms with Crippen LogP contribution in [0.1, 0.15) is 90.5 Å². The molecule has 3 heteroatoms. The van der Waals surface area contributed by atoms with Crippen LogP contribution in [0.2, 0.25) is 0 Å². The van der Waals surface area contributed by atoms with Gasteiger partial charge in [0.25, 0.3) is 0 Å². The Morgan fingerprint density at radius 1 is 0.900 bits per heavy atom. The lowest BCUT2D eigenvalue weighted by Crippen LogP contribution is -1.95. The highest BCUT2D eigenvalue weighted by Gasteiger charge is 2.03. The van der Waals surface area contributed by atoms with Crippen molar-refractivity contribution in [2.75, 3.05) is 0 Å². The molecule has 30 heavy (non-hydrogen) atoms. The number of unbranched alkanes of at least 4 members (excludes halogenated alkanes) is 6. The minimum atomic E-state index is 0.772. The summed E-state index contributed by atoms with van der Waals surface area (Å²) in [5.74, 6) is 2.47. The zero-order valence-corrected chi connectivity index (χ0v) is 19.3. The summed E-state index contributed by atoms with van der Waals surface area (Å²) < 4.78 is 5.69. The molecule has 1 aromatic carbocycles. The maximum absolute atomic E-state index is 5.69. The van der Waals surface area contributed by atoms with Crippen LogP contribution in [0.15, 0.2) is 49.0 Å². The molecule has 0 spiro atoms. The molecule has 0 unspecified atom stereocenters. The van der Waals surface area contributed by atoms with E-state index in [0.29, 0.717) is 0 Å². The second kappa shape index (κ2) is 14.8. The van der Waals surface area contributed by atoms with E-state index in [4.69, 9.17) is 4.74 Å². The summed E-state index contributed by atoms with van der Waals surface area (Å²) in [4.78, 5) is 9.13. The molecule has 3 nitrogen and oxygen atoms in total. The van der Waals surface area contributed by atoms with E-state index in [0.717, 1.165) is 35.9 Å². The third-order valence-electron chi connectivity index (χ3n) is 5.70. The van der Waals surface area contributed by atoms with Crippen molar-refractivity contribution in [2.45, 2.75) is 91.4 Å². The Hall–Kier alpha value is -2.16. The van der Waals surface area contributed by atoms with E-state index in [-0.39, 0.29) is 0 Å². The van der Waals surface area contributed by atoms with Gasteiger partial charge in [-0.05, 0) is 67.5 Å². The maximum Gasteiger partial charge on any atom is 0.159 e. The van der Waals surface area contributed by atoms with Gasteiger partial charge in [-0.25, -0.2) is 9.97 Å². The van der Waals surface area contributed by atoms with E-state index in [1.54, 1.807) is 6.26 Å². The Bertz CT molecular complexity index is 707. The molecule has 0 N–H and O–H groups in total. The first-order valence-electron chi connectivity index (χ1n) is 12.0. The fourth-order valence-corrected chi connectivity index (χ4v) is 3.40. The number of ether oxygens (including phenoxy) is 1. The van der Waals surface area contributed by atoms with Crippen molar-refractivity contribution in [1.82, 2.24) is 9.97 Å². The second-order valence-corrected chi connectivity index (χ2v) is 8.39. The molecule has 2 aromatic rings. The Morgan fingerprint density at radius 3 is 2.33 bits per heavy atom. The number of benzene rings is 1. The molecular weight excluding hydrogens is 368 g/mol. The lowest BCUT2D eigenvalue weighted by Gasteiger charge is -2.07. The van der Waals surface area contributed by atoms with Crippen LogP contribution in [0, 0.1) is 5.92 Å². The highest BCUT2D eigenvalue weighted by Crippen LogP contribution is 2.20. The summed E-state index contributed by atoms with van der Waals surface area (Å²) in [6, 6.07) is 8.00. The van der Waals surface area contributed by atoms with Crippen LogP contribution in [-0.2, 0) is 6.42 Å². The number of aryl methyl sites for hydroxylation is 1. The van der Waals surface area contributed by atoms with E-state index >= 15 is 0 Å². The fourth-order valence-electron chi connectivity index (χ4n) is 3.40. The lowest BCUT2D eigenvalue weighted by atomic mass is 10.00. The quantitative estimate of drug-likeness (QED) is 0.220. The predicted molar refractivity (Wildman–Crippen MR) is 128 cm³/mol. The molecule has 2 rings (SSSR count). The van der Waals surface area contributed by atoms with Crippen molar-refractivity contribution in [3.05, 3.63) is 54.6 Å². The van der Waals surface area contributed by atoms with E-state index in [1.165, 1.54) is 63.4 Å². The maximum atomic E-state index is 5.69. The molecule has 0 aliphatic heterocycles. The van der Waals surface area contributed by atoms with Crippen molar-refractivity contribution in [1.29, 1.82) is 0 Å². The third-order valence-corrected chi connectivity index (χ3v) is 5.70. The van der Waals surface area contributed by atoms with E-state index in [2.05, 4.69) is 36.8 Å². The SMILES string of the molecule is CCCCCC/C=C/Oc1ccc(-c2ncc(CCCCC[C@@H](C)CC)cn2)cc1. The Kier molecular flexibility index (Phi) is 11.9. The Morgan fingerprint density at radius 2 is 1.63 bits per heavy atom. The van der Waals surface area contributed by atoms with Gasteiger partial charge >= 0.3 is 0 Å². The molecule has 0 saturated heterocycles. The molecule has 1 heterocycles. The van der Waals surface area contributed by atoms with Crippen LogP contribution in [0.3, 0.4) is 0 Å². The van der Waals surface area contributed by atoms with Gasteiger partial charge in [-0.2, -0.15) is 0 Å². The molecule has 0 aliphatic carbocycles. The first-order valence-corrected chi connectivity index (χ1v) is 12.0. The smallest absolute Gasteiger partial charge is 0.159 e. The van der Waals surface area contributed by atoms with Crippen molar-refractivity contribution < 1.29 is 4.74 Å². The summed E-state index contributed by atoms with van der Waals surface area (Å²) in [6.45, 7) is 6.86. The number of rotatable bonds is 15. The zero-order chi connectivity index (χ0) is 21.4. The van der Waals surface area contributed by atoms with Crippen molar-refractivity contribution in [3.63, 3.8) is 0 Å². The molecule has 1 atom stereocenters. The van der Waals surface area contributed by atoms with Gasteiger partial charge in [-0.3, -0.25) is 0 Å². The summed E-state index contributed by atoms with van der Waals surface area (Å²) in [7, 11) is 0. The van der Waals surface area contributed by atoms with Gasteiger partial charge in [0.1, 0.15) is 5.75 Å². The van der Waals surface area contributed by atoms with Gasteiger partial charge in [0.05, 0.1) is 6.26 Å². The molecule has 0 amide bonds. The van der Waals surface area contributed by atoms with Gasteiger partial charge in [0, 0.05) is 18.0 Å². The molecule has 0 bridgehead atoms. The topological polar surface area (TPSA) is 35.0 Å². The van der Waals surface area contributed by atoms with Gasteiger partial charge < -0.3 is 4.74 Å². The van der Waals surface area contributed by atoms with Crippen LogP contribution >= 0.6 is 0 Å². The molecule has 0 aliphatic rings. The Labute approximate surface area is 184 Å². The minimum absolute atomic E-state index is 0.772. The van der Waals surface area contributed by atoms with Gasteiger partial charge in [-0.1, -0.05) is 65.7 Å². The first kappa shape index (κ1) is 24.1. The monoisotopic (exact) mass is 408 g/mol. The highest BCUT2D eigenvalue weighted by atomic mass is 16.5. The van der Waals surface area contributed by atoms with Crippen molar-refractivity contribution in [3.8, 4) is 17.1 Å². The largest absolute Gasteiger partial charge is 0.465 e. The highest BCUT2D eigenvalue weighted by molar-refractivity contribution is 5.55. The molecule has 1 aromatic heterocycles. The molecular formula is C27H40N2O. The summed E-state index contributed by atoms with van der Waals surface area (Å²) in [6.07, 6.45) is 21.6. The molecule has 0 fully saturated rings. The lowest BCUT2D eigenvalue weighted by molar-refractivity contribution is 0.477. The number of aromatic nitrogens is 2. The Balaban J connectivity index is 1.72. The number of allylic oxidation sites excluding steroid dienone is 1. The van der Waals surface area contributed by atoms with Crippen LogP contribution < -0.4 is 4.74 Å². The predicted octanol–water partition coefficient (Wildman–Crippen LogP) is 8.16. The average Bonchev–Trinajstić information content (AvgIpc) is 2.79. The molecule has 0 saturated carbocycles. The van der Waals surface area contributed by atoms with Crippen LogP contribution in [0.4, 0.5) is 0 Å². The molecule has 0 radical (unpaired) electrons. The molecule has 164 valence electrons. The van der Waals surface area contributed by atoms with Gasteiger partial charge in [0.2, 0.25) is 0 Å². The normalized spacial score (nSPS) is 12.4. The number of hydrogen-bond donors (Lipinski definition) is 0. The van der Waals surface area contributed by atoms with Crippen LogP contribution in [0.5, 0.6) is 5.75 Å². The average molecular weight is 409 g/mol. The standard InChI is InChI=1S/C27H40N2O/c1-4-6-7-8-9-13-20-30-26-18-16-25(17-19-26)27-28-21-24(22-29-27)15-12-10-11-14-23(3)5-2/h13,16-23H,4-12,14-15H2,1-3H3/b20-13+/t23-/m0/s1. The van der Waals surface area contributed by atoms with Crippen molar-refractivity contribution >= 4 is 0 Å². The van der Waals surface area contributed by atoms with Gasteiger partial charge in [-0.15, -0.1) is 0 Å². The third kappa shape index (κ3) is 9.56.